The molecule has 2 aromatic rings. The van der Waals surface area contributed by atoms with Gasteiger partial charge in [-0.25, -0.2) is 9.18 Å². The Balaban J connectivity index is 2.59. The van der Waals surface area contributed by atoms with Crippen LogP contribution in [0.25, 0.3) is 5.69 Å². The number of nitrogens with zero attached hydrogens (tertiary/aromatic N) is 2. The Morgan fingerprint density at radius 1 is 1.20 bits per heavy atom. The fourth-order valence-electron chi connectivity index (χ4n) is 1.12. The summed E-state index contributed by atoms with van der Waals surface area (Å²) in [6.07, 6.45) is 0.977. The van der Waals surface area contributed by atoms with Crippen LogP contribution in [0, 0.1) is 5.82 Å². The molecule has 6 heteroatoms. The quantitative estimate of drug-likeness (QED) is 0.718. The first kappa shape index (κ1) is 9.32. The van der Waals surface area contributed by atoms with E-state index in [2.05, 4.69) is 5.10 Å². The molecule has 2 rings (SSSR count). The monoisotopic (exact) mass is 207 g/mol. The van der Waals surface area contributed by atoms with Crippen LogP contribution in [0.4, 0.5) is 4.39 Å². The molecule has 5 nitrogen and oxygen atoms in total. The number of aromatic nitrogens is 3. The van der Waals surface area contributed by atoms with E-state index in [1.54, 1.807) is 0 Å². The number of aromatic amines is 1. The number of nitrogens with one attached hydrogen (secondary N) is 1. The van der Waals surface area contributed by atoms with Crippen LogP contribution in [0.2, 0.25) is 0 Å². The summed E-state index contributed by atoms with van der Waals surface area (Å²) in [7, 11) is 0. The van der Waals surface area contributed by atoms with Gasteiger partial charge < -0.3 is 0 Å². The largest absolute Gasteiger partial charge is 0.349 e. The summed E-state index contributed by atoms with van der Waals surface area (Å²) in [6, 6.07) is 5.19. The molecule has 0 atom stereocenters. The maximum atomic E-state index is 12.6. The number of hydrogen-bond donors (Lipinski definition) is 1. The minimum absolute atomic E-state index is 0.387. The molecular weight excluding hydrogens is 201 g/mol. The van der Waals surface area contributed by atoms with Crippen LogP contribution in [0.3, 0.4) is 0 Å². The van der Waals surface area contributed by atoms with Crippen molar-refractivity contribution >= 4 is 0 Å². The van der Waals surface area contributed by atoms with E-state index >= 15 is 0 Å². The standard InChI is InChI=1S/C9H6FN3O2/c10-6-1-3-7(4-2-6)13-9(15)12-8(14)5-11-13/h1-5H,(H,12,14,15). The van der Waals surface area contributed by atoms with Crippen molar-refractivity contribution in [2.75, 3.05) is 0 Å². The van der Waals surface area contributed by atoms with Crippen molar-refractivity contribution in [3.05, 3.63) is 57.1 Å². The first-order chi connectivity index (χ1) is 7.16. The molecule has 0 spiro atoms. The molecular formula is C9H6FN3O2. The van der Waals surface area contributed by atoms with Gasteiger partial charge in [0.2, 0.25) is 0 Å². The molecule has 0 saturated heterocycles. The lowest BCUT2D eigenvalue weighted by atomic mass is 10.3. The molecule has 0 aliphatic carbocycles. The fraction of sp³-hybridized carbons (Fsp3) is 0. The Hall–Kier alpha value is -2.24. The van der Waals surface area contributed by atoms with Gasteiger partial charge in [0, 0.05) is 0 Å². The molecule has 76 valence electrons. The van der Waals surface area contributed by atoms with Gasteiger partial charge in [0.05, 0.1) is 5.69 Å². The summed E-state index contributed by atoms with van der Waals surface area (Å²) in [5.41, 5.74) is -0.842. The zero-order chi connectivity index (χ0) is 10.8. The van der Waals surface area contributed by atoms with E-state index in [0.717, 1.165) is 10.9 Å². The molecule has 1 aromatic heterocycles. The average molecular weight is 207 g/mol. The summed E-state index contributed by atoms with van der Waals surface area (Å²) >= 11 is 0. The number of rotatable bonds is 1. The van der Waals surface area contributed by atoms with E-state index in [4.69, 9.17) is 0 Å². The lowest BCUT2D eigenvalue weighted by Gasteiger charge is -2.01. The van der Waals surface area contributed by atoms with Crippen LogP contribution in [-0.4, -0.2) is 14.8 Å². The lowest BCUT2D eigenvalue weighted by molar-refractivity contribution is 0.626. The maximum absolute atomic E-state index is 12.6. The highest BCUT2D eigenvalue weighted by atomic mass is 19.1. The zero-order valence-corrected chi connectivity index (χ0v) is 7.48. The molecule has 0 saturated carbocycles. The number of H-pyrrole nitrogens is 1. The van der Waals surface area contributed by atoms with Crippen molar-refractivity contribution in [3.63, 3.8) is 0 Å². The Labute approximate surface area is 82.8 Å². The Morgan fingerprint density at radius 2 is 1.87 bits per heavy atom. The summed E-state index contributed by atoms with van der Waals surface area (Å²) < 4.78 is 13.6. The third kappa shape index (κ3) is 1.83. The zero-order valence-electron chi connectivity index (χ0n) is 7.48. The molecule has 0 amide bonds. The highest BCUT2D eigenvalue weighted by Crippen LogP contribution is 2.03. The Kier molecular flexibility index (Phi) is 2.17. The summed E-state index contributed by atoms with van der Waals surface area (Å²) in [5, 5.41) is 3.62. The Morgan fingerprint density at radius 3 is 2.47 bits per heavy atom. The molecule has 0 radical (unpaired) electrons. The summed E-state index contributed by atoms with van der Waals surface area (Å²) in [5.74, 6) is -0.406. The predicted octanol–water partition coefficient (Wildman–Crippen LogP) is 0.0599. The van der Waals surface area contributed by atoms with Gasteiger partial charge >= 0.3 is 5.69 Å². The van der Waals surface area contributed by atoms with Crippen molar-refractivity contribution in [3.8, 4) is 5.69 Å². The second-order valence-electron chi connectivity index (χ2n) is 2.83. The van der Waals surface area contributed by atoms with Gasteiger partial charge in [-0.1, -0.05) is 0 Å². The van der Waals surface area contributed by atoms with E-state index < -0.39 is 17.1 Å². The highest BCUT2D eigenvalue weighted by molar-refractivity contribution is 5.29. The van der Waals surface area contributed by atoms with Crippen molar-refractivity contribution in [1.29, 1.82) is 0 Å². The average Bonchev–Trinajstić information content (AvgIpc) is 2.20. The van der Waals surface area contributed by atoms with E-state index in [0.29, 0.717) is 5.69 Å². The molecule has 0 aliphatic rings. The van der Waals surface area contributed by atoms with Gasteiger partial charge in [-0.15, -0.1) is 0 Å². The highest BCUT2D eigenvalue weighted by Gasteiger charge is 2.00. The van der Waals surface area contributed by atoms with Crippen molar-refractivity contribution < 1.29 is 4.39 Å². The van der Waals surface area contributed by atoms with Crippen LogP contribution in [0.5, 0.6) is 0 Å². The van der Waals surface area contributed by atoms with Crippen LogP contribution >= 0.6 is 0 Å². The number of halogens is 1. The van der Waals surface area contributed by atoms with Gasteiger partial charge in [-0.05, 0) is 24.3 Å². The molecule has 1 N–H and O–H groups in total. The van der Waals surface area contributed by atoms with Crippen molar-refractivity contribution in [2.24, 2.45) is 0 Å². The number of hydrogen-bond acceptors (Lipinski definition) is 3. The van der Waals surface area contributed by atoms with Crippen molar-refractivity contribution in [2.45, 2.75) is 0 Å². The molecule has 15 heavy (non-hydrogen) atoms. The van der Waals surface area contributed by atoms with Gasteiger partial charge in [0.25, 0.3) is 5.56 Å². The minimum Gasteiger partial charge on any atom is -0.271 e. The van der Waals surface area contributed by atoms with Crippen LogP contribution in [-0.2, 0) is 0 Å². The minimum atomic E-state index is -0.658. The van der Waals surface area contributed by atoms with E-state index in [-0.39, 0.29) is 0 Å². The predicted molar refractivity (Wildman–Crippen MR) is 50.4 cm³/mol. The molecule has 1 aromatic carbocycles. The SMILES string of the molecule is O=c1cnn(-c2ccc(F)cc2)c(=O)[nH]1. The van der Waals surface area contributed by atoms with Gasteiger partial charge in [-0.3, -0.25) is 9.78 Å². The number of benzene rings is 1. The molecule has 0 bridgehead atoms. The van der Waals surface area contributed by atoms with E-state index in [1.165, 1.54) is 24.3 Å². The second kappa shape index (κ2) is 3.49. The van der Waals surface area contributed by atoms with Gasteiger partial charge in [0.1, 0.15) is 12.0 Å². The second-order valence-corrected chi connectivity index (χ2v) is 2.83. The van der Waals surface area contributed by atoms with Crippen LogP contribution in [0.15, 0.2) is 40.1 Å². The van der Waals surface area contributed by atoms with Gasteiger partial charge in [-0.2, -0.15) is 9.78 Å². The first-order valence-electron chi connectivity index (χ1n) is 4.11. The topological polar surface area (TPSA) is 67.8 Å². The molecule has 0 aliphatic heterocycles. The van der Waals surface area contributed by atoms with Gasteiger partial charge in [0.15, 0.2) is 0 Å². The molecule has 0 unspecified atom stereocenters. The van der Waals surface area contributed by atoms with E-state index in [1.807, 2.05) is 4.98 Å². The Bertz CT molecular complexity index is 585. The summed E-state index contributed by atoms with van der Waals surface area (Å²) in [4.78, 5) is 24.1. The third-order valence-electron chi connectivity index (χ3n) is 1.78. The van der Waals surface area contributed by atoms with Crippen LogP contribution in [0.1, 0.15) is 0 Å². The molecule has 1 heterocycles. The first-order valence-corrected chi connectivity index (χ1v) is 4.11. The fourth-order valence-corrected chi connectivity index (χ4v) is 1.12. The van der Waals surface area contributed by atoms with Crippen LogP contribution < -0.4 is 11.2 Å². The van der Waals surface area contributed by atoms with Crippen molar-refractivity contribution in [1.82, 2.24) is 14.8 Å². The lowest BCUT2D eigenvalue weighted by Crippen LogP contribution is -2.30. The maximum Gasteiger partial charge on any atom is 0.349 e. The molecule has 0 fully saturated rings. The summed E-state index contributed by atoms with van der Waals surface area (Å²) in [6.45, 7) is 0. The third-order valence-corrected chi connectivity index (χ3v) is 1.78. The smallest absolute Gasteiger partial charge is 0.271 e. The van der Waals surface area contributed by atoms with E-state index in [9.17, 15) is 14.0 Å². The normalized spacial score (nSPS) is 10.2.